The van der Waals surface area contributed by atoms with Gasteiger partial charge in [0.25, 0.3) is 5.91 Å². The van der Waals surface area contributed by atoms with E-state index in [9.17, 15) is 9.59 Å². The van der Waals surface area contributed by atoms with E-state index in [0.717, 1.165) is 35.5 Å². The lowest BCUT2D eigenvalue weighted by Crippen LogP contribution is -2.37. The molecule has 0 bridgehead atoms. The fraction of sp³-hybridized carbons (Fsp3) is 0.370. The Morgan fingerprint density at radius 3 is 2.73 bits per heavy atom. The van der Waals surface area contributed by atoms with Crippen LogP contribution in [0.4, 0.5) is 11.4 Å². The summed E-state index contributed by atoms with van der Waals surface area (Å²) in [5.41, 5.74) is 4.72. The standard InChI is InChI=1S/C27H30N8O2/c1-16-22(10-21(13-28-16)31-25(36)15-35-7-3-4-24(35)17-5-6-17)33-27(37)19-8-18-9-23(32-26(18)29-11-19)20-12-30-34(2)14-20/h8-14,17,24H,3-7,15H2,1-2H3,(H,29,32)(H,31,36)(H,33,37). The van der Waals surface area contributed by atoms with Crippen LogP contribution in [-0.4, -0.2) is 60.6 Å². The topological polar surface area (TPSA) is 121 Å². The van der Waals surface area contributed by atoms with Crippen LogP contribution in [0.25, 0.3) is 22.3 Å². The van der Waals surface area contributed by atoms with Crippen molar-refractivity contribution in [2.45, 2.75) is 38.6 Å². The first-order chi connectivity index (χ1) is 17.9. The van der Waals surface area contributed by atoms with Gasteiger partial charge >= 0.3 is 0 Å². The molecule has 1 saturated carbocycles. The summed E-state index contributed by atoms with van der Waals surface area (Å²) in [5.74, 6) is 0.415. The van der Waals surface area contributed by atoms with Crippen LogP contribution in [0, 0.1) is 12.8 Å². The number of amides is 2. The molecule has 1 unspecified atom stereocenters. The number of nitrogens with one attached hydrogen (secondary N) is 3. The number of carbonyl (C=O) groups excluding carboxylic acids is 2. The fourth-order valence-corrected chi connectivity index (χ4v) is 5.23. The Balaban J connectivity index is 1.13. The second-order valence-corrected chi connectivity index (χ2v) is 10.1. The largest absolute Gasteiger partial charge is 0.339 e. The fourth-order valence-electron chi connectivity index (χ4n) is 5.23. The molecule has 4 aromatic rings. The maximum absolute atomic E-state index is 13.1. The van der Waals surface area contributed by atoms with Gasteiger partial charge in [-0.1, -0.05) is 0 Å². The Hall–Kier alpha value is -4.05. The van der Waals surface area contributed by atoms with E-state index in [2.05, 4.69) is 35.6 Å². The lowest BCUT2D eigenvalue weighted by atomic mass is 10.1. The summed E-state index contributed by atoms with van der Waals surface area (Å²) in [7, 11) is 1.86. The number of rotatable bonds is 7. The van der Waals surface area contributed by atoms with E-state index in [1.165, 1.54) is 19.3 Å². The van der Waals surface area contributed by atoms with Gasteiger partial charge in [-0.3, -0.25) is 24.2 Å². The highest BCUT2D eigenvalue weighted by atomic mass is 16.2. The number of anilines is 2. The van der Waals surface area contributed by atoms with Gasteiger partial charge in [0.1, 0.15) is 5.65 Å². The zero-order chi connectivity index (χ0) is 25.5. The maximum atomic E-state index is 13.1. The van der Waals surface area contributed by atoms with E-state index in [1.807, 2.05) is 26.2 Å². The molecule has 3 N–H and O–H groups in total. The van der Waals surface area contributed by atoms with Crippen molar-refractivity contribution >= 4 is 34.2 Å². The minimum Gasteiger partial charge on any atom is -0.339 e. The molecule has 190 valence electrons. The summed E-state index contributed by atoms with van der Waals surface area (Å²) >= 11 is 0. The number of aryl methyl sites for hydroxylation is 2. The van der Waals surface area contributed by atoms with E-state index in [0.29, 0.717) is 40.9 Å². The number of hydrogen-bond acceptors (Lipinski definition) is 6. The van der Waals surface area contributed by atoms with E-state index >= 15 is 0 Å². The van der Waals surface area contributed by atoms with Crippen molar-refractivity contribution in [3.63, 3.8) is 0 Å². The molecular weight excluding hydrogens is 468 g/mol. The van der Waals surface area contributed by atoms with Gasteiger partial charge in [0, 0.05) is 36.4 Å². The highest BCUT2D eigenvalue weighted by Crippen LogP contribution is 2.39. The molecule has 10 nitrogen and oxygen atoms in total. The molecule has 0 radical (unpaired) electrons. The number of hydrogen-bond donors (Lipinski definition) is 3. The molecule has 1 aliphatic heterocycles. The van der Waals surface area contributed by atoms with Gasteiger partial charge in [-0.25, -0.2) is 4.98 Å². The Kier molecular flexibility index (Phi) is 5.96. The molecule has 1 atom stereocenters. The van der Waals surface area contributed by atoms with Crippen molar-refractivity contribution in [3.8, 4) is 11.3 Å². The molecule has 2 aliphatic rings. The number of carbonyl (C=O) groups is 2. The van der Waals surface area contributed by atoms with Gasteiger partial charge in [-0.15, -0.1) is 0 Å². The average molecular weight is 499 g/mol. The minimum absolute atomic E-state index is 0.0537. The van der Waals surface area contributed by atoms with Crippen LogP contribution in [0.5, 0.6) is 0 Å². The molecule has 1 saturated heterocycles. The normalized spacial score (nSPS) is 17.8. The Morgan fingerprint density at radius 2 is 1.95 bits per heavy atom. The van der Waals surface area contributed by atoms with Crippen LogP contribution in [0.1, 0.15) is 41.7 Å². The average Bonchev–Trinajstić information content (AvgIpc) is 3.24. The molecule has 0 aromatic carbocycles. The molecule has 1 aliphatic carbocycles. The Bertz CT molecular complexity index is 1480. The zero-order valence-electron chi connectivity index (χ0n) is 21.0. The molecule has 10 heteroatoms. The predicted molar refractivity (Wildman–Crippen MR) is 141 cm³/mol. The first-order valence-corrected chi connectivity index (χ1v) is 12.7. The van der Waals surface area contributed by atoms with Crippen molar-refractivity contribution in [3.05, 3.63) is 54.2 Å². The van der Waals surface area contributed by atoms with Crippen molar-refractivity contribution < 1.29 is 9.59 Å². The highest BCUT2D eigenvalue weighted by Gasteiger charge is 2.38. The van der Waals surface area contributed by atoms with Gasteiger partial charge < -0.3 is 15.6 Å². The van der Waals surface area contributed by atoms with Gasteiger partial charge in [0.15, 0.2) is 0 Å². The van der Waals surface area contributed by atoms with Crippen LogP contribution in [-0.2, 0) is 11.8 Å². The molecular formula is C27H30N8O2. The third-order valence-corrected chi connectivity index (χ3v) is 7.29. The summed E-state index contributed by atoms with van der Waals surface area (Å²) < 4.78 is 1.73. The number of nitrogens with zero attached hydrogens (tertiary/aromatic N) is 5. The third-order valence-electron chi connectivity index (χ3n) is 7.29. The molecule has 6 rings (SSSR count). The minimum atomic E-state index is -0.295. The van der Waals surface area contributed by atoms with Crippen molar-refractivity contribution in [2.24, 2.45) is 13.0 Å². The number of H-pyrrole nitrogens is 1. The monoisotopic (exact) mass is 498 g/mol. The summed E-state index contributed by atoms with van der Waals surface area (Å²) in [5, 5.41) is 10.9. The number of aromatic nitrogens is 5. The molecule has 0 spiro atoms. The van der Waals surface area contributed by atoms with Gasteiger partial charge in [0.05, 0.1) is 47.3 Å². The predicted octanol–water partition coefficient (Wildman–Crippen LogP) is 3.73. The third kappa shape index (κ3) is 4.97. The van der Waals surface area contributed by atoms with Crippen molar-refractivity contribution in [1.82, 2.24) is 29.6 Å². The van der Waals surface area contributed by atoms with Gasteiger partial charge in [-0.05, 0) is 63.3 Å². The van der Waals surface area contributed by atoms with E-state index < -0.39 is 0 Å². The summed E-state index contributed by atoms with van der Waals surface area (Å²) in [6.45, 7) is 3.19. The summed E-state index contributed by atoms with van der Waals surface area (Å²) in [6.07, 6.45) is 11.8. The number of aromatic amines is 1. The lowest BCUT2D eigenvalue weighted by molar-refractivity contribution is -0.117. The van der Waals surface area contributed by atoms with Crippen LogP contribution in [0.2, 0.25) is 0 Å². The smallest absolute Gasteiger partial charge is 0.257 e. The SMILES string of the molecule is Cc1ncc(NC(=O)CN2CCCC2C2CC2)cc1NC(=O)c1cnc2[nH]c(-c3cnn(C)c3)cc2c1. The van der Waals surface area contributed by atoms with E-state index in [4.69, 9.17) is 0 Å². The van der Waals surface area contributed by atoms with Crippen LogP contribution in [0.15, 0.2) is 43.0 Å². The number of pyridine rings is 2. The van der Waals surface area contributed by atoms with Crippen molar-refractivity contribution in [2.75, 3.05) is 23.7 Å². The second-order valence-electron chi connectivity index (χ2n) is 10.1. The van der Waals surface area contributed by atoms with Gasteiger partial charge in [0.2, 0.25) is 5.91 Å². The Morgan fingerprint density at radius 1 is 1.08 bits per heavy atom. The first-order valence-electron chi connectivity index (χ1n) is 12.7. The lowest BCUT2D eigenvalue weighted by Gasteiger charge is -2.23. The van der Waals surface area contributed by atoms with Crippen LogP contribution in [0.3, 0.4) is 0 Å². The summed E-state index contributed by atoms with van der Waals surface area (Å²) in [6, 6.07) is 6.05. The van der Waals surface area contributed by atoms with E-state index in [-0.39, 0.29) is 11.8 Å². The van der Waals surface area contributed by atoms with E-state index in [1.54, 1.807) is 35.4 Å². The summed E-state index contributed by atoms with van der Waals surface area (Å²) in [4.78, 5) is 40.2. The van der Waals surface area contributed by atoms with Gasteiger partial charge in [-0.2, -0.15) is 5.10 Å². The van der Waals surface area contributed by atoms with Crippen LogP contribution < -0.4 is 10.6 Å². The quantitative estimate of drug-likeness (QED) is 0.357. The number of likely N-dealkylation sites (tertiary alicyclic amines) is 1. The Labute approximate surface area is 214 Å². The molecule has 4 aromatic heterocycles. The maximum Gasteiger partial charge on any atom is 0.257 e. The van der Waals surface area contributed by atoms with Crippen molar-refractivity contribution in [1.29, 1.82) is 0 Å². The molecule has 37 heavy (non-hydrogen) atoms. The zero-order valence-corrected chi connectivity index (χ0v) is 21.0. The highest BCUT2D eigenvalue weighted by molar-refractivity contribution is 6.06. The molecule has 2 amide bonds. The molecule has 2 fully saturated rings. The second kappa shape index (κ2) is 9.44. The molecule has 5 heterocycles. The number of fused-ring (bicyclic) bond motifs is 1. The first kappa shape index (κ1) is 23.4. The van der Waals surface area contributed by atoms with Crippen LogP contribution >= 0.6 is 0 Å².